The van der Waals surface area contributed by atoms with Crippen LogP contribution in [0.4, 0.5) is 14.7 Å². The number of halogens is 2. The van der Waals surface area contributed by atoms with Crippen molar-refractivity contribution < 1.29 is 27.5 Å². The van der Waals surface area contributed by atoms with Crippen molar-refractivity contribution in [1.29, 1.82) is 0 Å². The second kappa shape index (κ2) is 6.21. The highest BCUT2D eigenvalue weighted by atomic mass is 19.3. The van der Waals surface area contributed by atoms with E-state index in [9.17, 15) is 13.6 Å². The van der Waals surface area contributed by atoms with E-state index in [-0.39, 0.29) is 29.8 Å². The molecule has 0 unspecified atom stereocenters. The third kappa shape index (κ3) is 3.47. The highest BCUT2D eigenvalue weighted by molar-refractivity contribution is 5.92. The van der Waals surface area contributed by atoms with Crippen LogP contribution in [-0.2, 0) is 4.74 Å². The third-order valence-corrected chi connectivity index (χ3v) is 2.45. The number of ether oxygens (including phenoxy) is 2. The number of carbonyl (C=O) groups excluding carboxylic acids is 1. The molecular formula is C13H12F2N2O4. The Labute approximate surface area is 118 Å². The van der Waals surface area contributed by atoms with Gasteiger partial charge < -0.3 is 19.6 Å². The predicted molar refractivity (Wildman–Crippen MR) is 68.9 cm³/mol. The van der Waals surface area contributed by atoms with Gasteiger partial charge in [0.1, 0.15) is 5.75 Å². The molecule has 21 heavy (non-hydrogen) atoms. The molecule has 2 aromatic rings. The molecule has 0 aliphatic carbocycles. The van der Waals surface area contributed by atoms with Crippen molar-refractivity contribution >= 4 is 11.9 Å². The summed E-state index contributed by atoms with van der Waals surface area (Å²) >= 11 is 0. The van der Waals surface area contributed by atoms with Crippen LogP contribution in [-0.4, -0.2) is 24.2 Å². The average Bonchev–Trinajstić information content (AvgIpc) is 2.81. The van der Waals surface area contributed by atoms with E-state index < -0.39 is 12.6 Å². The maximum atomic E-state index is 12.0. The van der Waals surface area contributed by atoms with Crippen molar-refractivity contribution in [2.45, 2.75) is 13.5 Å². The SMILES string of the molecule is CCOC(=O)c1nc(-c2ccc(OC(F)F)cc2)oc1N. The fourth-order valence-electron chi connectivity index (χ4n) is 1.58. The minimum absolute atomic E-state index is 0.00102. The van der Waals surface area contributed by atoms with E-state index in [0.717, 1.165) is 0 Å². The fourth-order valence-corrected chi connectivity index (χ4v) is 1.58. The summed E-state index contributed by atoms with van der Waals surface area (Å²) in [4.78, 5) is 15.5. The van der Waals surface area contributed by atoms with E-state index in [2.05, 4.69) is 9.72 Å². The van der Waals surface area contributed by atoms with Gasteiger partial charge in [0, 0.05) is 5.56 Å². The molecule has 0 fully saturated rings. The molecule has 0 atom stereocenters. The van der Waals surface area contributed by atoms with Gasteiger partial charge in [-0.05, 0) is 31.2 Å². The molecule has 2 rings (SSSR count). The van der Waals surface area contributed by atoms with E-state index in [1.54, 1.807) is 6.92 Å². The van der Waals surface area contributed by atoms with E-state index in [1.165, 1.54) is 24.3 Å². The number of nitrogen functional groups attached to an aromatic ring is 1. The van der Waals surface area contributed by atoms with Crippen LogP contribution in [0.25, 0.3) is 11.5 Å². The molecule has 0 saturated carbocycles. The first-order valence-electron chi connectivity index (χ1n) is 6.00. The molecule has 0 bridgehead atoms. The number of alkyl halides is 2. The molecule has 0 saturated heterocycles. The zero-order chi connectivity index (χ0) is 15.4. The van der Waals surface area contributed by atoms with Crippen molar-refractivity contribution in [2.24, 2.45) is 0 Å². The number of hydrogen-bond acceptors (Lipinski definition) is 6. The van der Waals surface area contributed by atoms with Crippen LogP contribution in [0.2, 0.25) is 0 Å². The van der Waals surface area contributed by atoms with Gasteiger partial charge in [0.2, 0.25) is 17.5 Å². The van der Waals surface area contributed by atoms with Crippen LogP contribution in [0.5, 0.6) is 5.75 Å². The van der Waals surface area contributed by atoms with E-state index in [0.29, 0.717) is 5.56 Å². The topological polar surface area (TPSA) is 87.6 Å². The maximum absolute atomic E-state index is 12.0. The Hall–Kier alpha value is -2.64. The first-order chi connectivity index (χ1) is 10.0. The second-order valence-electron chi connectivity index (χ2n) is 3.86. The summed E-state index contributed by atoms with van der Waals surface area (Å²) < 4.78 is 38.2. The molecule has 8 heteroatoms. The molecule has 0 spiro atoms. The molecule has 1 heterocycles. The number of benzene rings is 1. The van der Waals surface area contributed by atoms with Gasteiger partial charge in [-0.1, -0.05) is 0 Å². The van der Waals surface area contributed by atoms with Gasteiger partial charge >= 0.3 is 12.6 Å². The van der Waals surface area contributed by atoms with Crippen LogP contribution in [0.1, 0.15) is 17.4 Å². The number of rotatable bonds is 5. The lowest BCUT2D eigenvalue weighted by atomic mass is 10.2. The van der Waals surface area contributed by atoms with Crippen LogP contribution in [0.15, 0.2) is 28.7 Å². The van der Waals surface area contributed by atoms with Crippen molar-refractivity contribution in [3.8, 4) is 17.2 Å². The zero-order valence-corrected chi connectivity index (χ0v) is 11.0. The smallest absolute Gasteiger partial charge is 0.387 e. The first-order valence-corrected chi connectivity index (χ1v) is 6.00. The number of oxazole rings is 1. The van der Waals surface area contributed by atoms with Gasteiger partial charge in [-0.2, -0.15) is 13.8 Å². The van der Waals surface area contributed by atoms with Crippen molar-refractivity contribution in [1.82, 2.24) is 4.98 Å². The van der Waals surface area contributed by atoms with E-state index in [4.69, 9.17) is 14.9 Å². The van der Waals surface area contributed by atoms with Crippen LogP contribution >= 0.6 is 0 Å². The lowest BCUT2D eigenvalue weighted by Gasteiger charge is -2.03. The van der Waals surface area contributed by atoms with E-state index >= 15 is 0 Å². The van der Waals surface area contributed by atoms with Crippen LogP contribution in [0, 0.1) is 0 Å². The number of nitrogens with two attached hydrogens (primary N) is 1. The van der Waals surface area contributed by atoms with Gasteiger partial charge in [0.05, 0.1) is 6.61 Å². The van der Waals surface area contributed by atoms with Crippen molar-refractivity contribution in [3.05, 3.63) is 30.0 Å². The van der Waals surface area contributed by atoms with Crippen molar-refractivity contribution in [3.63, 3.8) is 0 Å². The number of nitrogens with zero attached hydrogens (tertiary/aromatic N) is 1. The predicted octanol–water partition coefficient (Wildman–Crippen LogP) is 2.70. The number of aromatic nitrogens is 1. The Morgan fingerprint density at radius 2 is 2.05 bits per heavy atom. The molecule has 0 amide bonds. The van der Waals surface area contributed by atoms with Crippen LogP contribution in [0.3, 0.4) is 0 Å². The largest absolute Gasteiger partial charge is 0.461 e. The standard InChI is InChI=1S/C13H12F2N2O4/c1-2-19-12(18)9-10(16)21-11(17-9)7-3-5-8(6-4-7)20-13(14)15/h3-6,13H,2,16H2,1H3. The summed E-state index contributed by atoms with van der Waals surface area (Å²) in [6.45, 7) is -1.07. The summed E-state index contributed by atoms with van der Waals surface area (Å²) in [7, 11) is 0. The average molecular weight is 298 g/mol. The van der Waals surface area contributed by atoms with Gasteiger partial charge in [0.25, 0.3) is 0 Å². The third-order valence-electron chi connectivity index (χ3n) is 2.45. The molecule has 112 valence electrons. The Balaban J connectivity index is 2.22. The molecular weight excluding hydrogens is 286 g/mol. The van der Waals surface area contributed by atoms with E-state index in [1.807, 2.05) is 0 Å². The maximum Gasteiger partial charge on any atom is 0.387 e. The summed E-state index contributed by atoms with van der Waals surface area (Å²) in [6.07, 6.45) is 0. The molecule has 2 N–H and O–H groups in total. The summed E-state index contributed by atoms with van der Waals surface area (Å²) in [5.41, 5.74) is 5.88. The highest BCUT2D eigenvalue weighted by Crippen LogP contribution is 2.26. The van der Waals surface area contributed by atoms with Gasteiger partial charge in [-0.25, -0.2) is 4.79 Å². The minimum atomic E-state index is -2.90. The number of carbonyl (C=O) groups is 1. The normalized spacial score (nSPS) is 10.7. The molecule has 6 nitrogen and oxygen atoms in total. The monoisotopic (exact) mass is 298 g/mol. The van der Waals surface area contributed by atoms with Gasteiger partial charge in [-0.3, -0.25) is 0 Å². The Bertz CT molecular complexity index is 626. The van der Waals surface area contributed by atoms with Crippen LogP contribution < -0.4 is 10.5 Å². The lowest BCUT2D eigenvalue weighted by Crippen LogP contribution is -2.07. The zero-order valence-electron chi connectivity index (χ0n) is 11.0. The van der Waals surface area contributed by atoms with Gasteiger partial charge in [0.15, 0.2) is 0 Å². The lowest BCUT2D eigenvalue weighted by molar-refractivity contribution is -0.0498. The Kier molecular flexibility index (Phi) is 4.36. The second-order valence-corrected chi connectivity index (χ2v) is 3.86. The molecule has 1 aromatic carbocycles. The molecule has 0 aliphatic heterocycles. The Morgan fingerprint density at radius 1 is 1.38 bits per heavy atom. The highest BCUT2D eigenvalue weighted by Gasteiger charge is 2.20. The quantitative estimate of drug-likeness (QED) is 0.854. The molecule has 0 radical (unpaired) electrons. The summed E-state index contributed by atoms with van der Waals surface area (Å²) in [6, 6.07) is 5.56. The number of hydrogen-bond donors (Lipinski definition) is 1. The fraction of sp³-hybridized carbons (Fsp3) is 0.231. The molecule has 1 aromatic heterocycles. The summed E-state index contributed by atoms with van der Waals surface area (Å²) in [5, 5.41) is 0. The van der Waals surface area contributed by atoms with Crippen molar-refractivity contribution in [2.75, 3.05) is 12.3 Å². The van der Waals surface area contributed by atoms with Gasteiger partial charge in [-0.15, -0.1) is 0 Å². The Morgan fingerprint density at radius 3 is 2.62 bits per heavy atom. The summed E-state index contributed by atoms with van der Waals surface area (Å²) in [5.74, 6) is -0.781. The number of anilines is 1. The molecule has 0 aliphatic rings. The minimum Gasteiger partial charge on any atom is -0.461 e. The number of esters is 1. The first kappa shape index (κ1) is 14.8.